The van der Waals surface area contributed by atoms with Crippen LogP contribution in [0.4, 0.5) is 4.79 Å². The molecule has 3 unspecified atom stereocenters. The van der Waals surface area contributed by atoms with Crippen molar-refractivity contribution >= 4 is 12.1 Å². The van der Waals surface area contributed by atoms with Crippen molar-refractivity contribution in [3.63, 3.8) is 0 Å². The molecule has 5 heteroatoms. The topological polar surface area (TPSA) is 75.6 Å². The van der Waals surface area contributed by atoms with Gasteiger partial charge in [0.2, 0.25) is 0 Å². The van der Waals surface area contributed by atoms with E-state index in [2.05, 4.69) is 29.6 Å². The zero-order chi connectivity index (χ0) is 19.3. The number of hydrogen-bond acceptors (Lipinski definition) is 3. The second-order valence-corrected chi connectivity index (χ2v) is 8.19. The molecule has 1 amide bonds. The molecule has 144 valence electrons. The molecule has 0 spiro atoms. The number of nitrogens with one attached hydrogen (secondary N) is 1. The van der Waals surface area contributed by atoms with E-state index in [1.54, 1.807) is 0 Å². The average molecular weight is 377 g/mol. The lowest BCUT2D eigenvalue weighted by Crippen LogP contribution is -2.47. The average Bonchev–Trinajstić information content (AvgIpc) is 3.38. The van der Waals surface area contributed by atoms with E-state index in [1.807, 2.05) is 24.3 Å². The fraction of sp³-hybridized carbons (Fsp3) is 0.391. The van der Waals surface area contributed by atoms with Crippen molar-refractivity contribution in [2.45, 2.75) is 31.2 Å². The molecule has 0 aliphatic heterocycles. The predicted molar refractivity (Wildman–Crippen MR) is 104 cm³/mol. The number of rotatable bonds is 4. The number of carboxylic acid groups (broad SMARTS) is 1. The van der Waals surface area contributed by atoms with E-state index in [0.717, 1.165) is 19.3 Å². The number of fused-ring (bicyclic) bond motifs is 5. The molecule has 2 N–H and O–H groups in total. The van der Waals surface area contributed by atoms with Gasteiger partial charge < -0.3 is 15.2 Å². The van der Waals surface area contributed by atoms with Crippen LogP contribution in [0.5, 0.6) is 0 Å². The number of carbonyl (C=O) groups is 2. The molecule has 4 atom stereocenters. The van der Waals surface area contributed by atoms with E-state index in [1.165, 1.54) is 22.3 Å². The summed E-state index contributed by atoms with van der Waals surface area (Å²) < 4.78 is 5.59. The highest BCUT2D eigenvalue weighted by Crippen LogP contribution is 2.49. The Bertz CT molecular complexity index is 894. The molecular weight excluding hydrogens is 354 g/mol. The highest BCUT2D eigenvalue weighted by Gasteiger charge is 2.51. The van der Waals surface area contributed by atoms with Crippen LogP contribution in [0.3, 0.4) is 0 Å². The van der Waals surface area contributed by atoms with Crippen LogP contribution in [-0.4, -0.2) is 29.8 Å². The lowest BCUT2D eigenvalue weighted by molar-refractivity contribution is -0.144. The molecule has 0 aromatic heterocycles. The van der Waals surface area contributed by atoms with Gasteiger partial charge in [-0.25, -0.2) is 4.79 Å². The molecular formula is C23H23NO4. The maximum atomic E-state index is 12.5. The van der Waals surface area contributed by atoms with E-state index in [0.29, 0.717) is 0 Å². The van der Waals surface area contributed by atoms with Gasteiger partial charge >= 0.3 is 12.1 Å². The normalized spacial score (nSPS) is 27.3. The number of benzene rings is 2. The first-order valence-electron chi connectivity index (χ1n) is 9.98. The summed E-state index contributed by atoms with van der Waals surface area (Å²) in [5, 5.41) is 12.4. The van der Waals surface area contributed by atoms with E-state index in [9.17, 15) is 14.7 Å². The summed E-state index contributed by atoms with van der Waals surface area (Å²) in [7, 11) is 0. The molecule has 5 rings (SSSR count). The largest absolute Gasteiger partial charge is 0.481 e. The van der Waals surface area contributed by atoms with Gasteiger partial charge in [-0.15, -0.1) is 0 Å². The molecule has 3 aliphatic carbocycles. The third-order valence-electron chi connectivity index (χ3n) is 6.83. The number of aliphatic carboxylic acids is 1. The minimum absolute atomic E-state index is 0.00782. The van der Waals surface area contributed by atoms with Crippen molar-refractivity contribution in [3.8, 4) is 11.1 Å². The van der Waals surface area contributed by atoms with Gasteiger partial charge in [0.05, 0.1) is 5.92 Å². The Hall–Kier alpha value is -2.82. The van der Waals surface area contributed by atoms with Gasteiger partial charge in [0.1, 0.15) is 6.61 Å². The first-order valence-corrected chi connectivity index (χ1v) is 9.98. The summed E-state index contributed by atoms with van der Waals surface area (Å²) in [6.07, 6.45) is 2.32. The number of alkyl carbamates (subject to hydrolysis) is 1. The summed E-state index contributed by atoms with van der Waals surface area (Å²) >= 11 is 0. The fourth-order valence-corrected chi connectivity index (χ4v) is 5.63. The van der Waals surface area contributed by atoms with Crippen LogP contribution in [0.25, 0.3) is 11.1 Å². The molecule has 2 fully saturated rings. The monoisotopic (exact) mass is 377 g/mol. The molecule has 28 heavy (non-hydrogen) atoms. The van der Waals surface area contributed by atoms with Gasteiger partial charge in [-0.2, -0.15) is 0 Å². The summed E-state index contributed by atoms with van der Waals surface area (Å²) in [6.45, 7) is 0.248. The van der Waals surface area contributed by atoms with Crippen LogP contribution in [0.1, 0.15) is 36.3 Å². The molecule has 2 bridgehead atoms. The van der Waals surface area contributed by atoms with E-state index >= 15 is 0 Å². The molecule has 3 aliphatic rings. The van der Waals surface area contributed by atoms with Gasteiger partial charge in [-0.3, -0.25) is 4.79 Å². The third kappa shape index (κ3) is 2.68. The van der Waals surface area contributed by atoms with Gasteiger partial charge in [0.15, 0.2) is 0 Å². The smallest absolute Gasteiger partial charge is 0.407 e. The maximum Gasteiger partial charge on any atom is 0.407 e. The number of amides is 1. The molecule has 0 heterocycles. The molecule has 0 radical (unpaired) electrons. The van der Waals surface area contributed by atoms with Crippen LogP contribution in [0.2, 0.25) is 0 Å². The van der Waals surface area contributed by atoms with Crippen LogP contribution in [-0.2, 0) is 9.53 Å². The second kappa shape index (κ2) is 6.66. The summed E-state index contributed by atoms with van der Waals surface area (Å²) in [5.74, 6) is -0.850. The molecule has 2 aromatic carbocycles. The summed E-state index contributed by atoms with van der Waals surface area (Å²) in [5.41, 5.74) is 4.71. The van der Waals surface area contributed by atoms with Crippen LogP contribution in [0.15, 0.2) is 48.5 Å². The van der Waals surface area contributed by atoms with Crippen LogP contribution in [0, 0.1) is 17.8 Å². The minimum Gasteiger partial charge on any atom is -0.481 e. The lowest BCUT2D eigenvalue weighted by Gasteiger charge is -2.28. The lowest BCUT2D eigenvalue weighted by atomic mass is 9.84. The number of carboxylic acids is 1. The zero-order valence-electron chi connectivity index (χ0n) is 15.5. The maximum absolute atomic E-state index is 12.5. The van der Waals surface area contributed by atoms with Crippen molar-refractivity contribution in [2.24, 2.45) is 17.8 Å². The number of hydrogen-bond donors (Lipinski definition) is 2. The van der Waals surface area contributed by atoms with E-state index < -0.39 is 18.0 Å². The summed E-state index contributed by atoms with van der Waals surface area (Å²) in [6, 6.07) is 16.1. The van der Waals surface area contributed by atoms with E-state index in [4.69, 9.17) is 4.74 Å². The molecule has 5 nitrogen and oxygen atoms in total. The van der Waals surface area contributed by atoms with Crippen molar-refractivity contribution < 1.29 is 19.4 Å². The first kappa shape index (κ1) is 17.3. The minimum atomic E-state index is -0.809. The Kier molecular flexibility index (Phi) is 4.11. The van der Waals surface area contributed by atoms with Crippen LogP contribution < -0.4 is 5.32 Å². The SMILES string of the molecule is O=C(N[C@@H]1C2CCC(C2)C1C(=O)O)OCC1c2ccccc2-c2ccccc21. The zero-order valence-corrected chi connectivity index (χ0v) is 15.5. The Morgan fingerprint density at radius 2 is 1.57 bits per heavy atom. The Morgan fingerprint density at radius 3 is 2.21 bits per heavy atom. The number of ether oxygens (including phenoxy) is 1. The number of carbonyl (C=O) groups excluding carboxylic acids is 1. The predicted octanol–water partition coefficient (Wildman–Crippen LogP) is 4.02. The second-order valence-electron chi connectivity index (χ2n) is 8.19. The van der Waals surface area contributed by atoms with Crippen molar-refractivity contribution in [2.75, 3.05) is 6.61 Å². The summed E-state index contributed by atoms with van der Waals surface area (Å²) in [4.78, 5) is 24.1. The van der Waals surface area contributed by atoms with Crippen LogP contribution >= 0.6 is 0 Å². The van der Waals surface area contributed by atoms with E-state index in [-0.39, 0.29) is 30.4 Å². The van der Waals surface area contributed by atoms with Gasteiger partial charge in [0.25, 0.3) is 0 Å². The quantitative estimate of drug-likeness (QED) is 0.844. The van der Waals surface area contributed by atoms with Crippen molar-refractivity contribution in [1.82, 2.24) is 5.32 Å². The first-order chi connectivity index (χ1) is 13.6. The molecule has 2 aromatic rings. The van der Waals surface area contributed by atoms with Crippen molar-refractivity contribution in [1.29, 1.82) is 0 Å². The standard InChI is InChI=1S/C23H23NO4/c25-22(26)20-13-9-10-14(11-13)21(20)24-23(27)28-12-19-17-7-3-1-5-15(17)16-6-2-4-8-18(16)19/h1-8,13-14,19-21H,9-12H2,(H,24,27)(H,25,26)/t13?,14?,20?,21-/m1/s1. The molecule has 2 saturated carbocycles. The fourth-order valence-electron chi connectivity index (χ4n) is 5.63. The Balaban J connectivity index is 1.29. The highest BCUT2D eigenvalue weighted by atomic mass is 16.5. The van der Waals surface area contributed by atoms with Gasteiger partial charge in [0, 0.05) is 12.0 Å². The Morgan fingerprint density at radius 1 is 0.964 bits per heavy atom. The third-order valence-corrected chi connectivity index (χ3v) is 6.83. The van der Waals surface area contributed by atoms with Crippen molar-refractivity contribution in [3.05, 3.63) is 59.7 Å². The highest BCUT2D eigenvalue weighted by molar-refractivity contribution is 5.79. The molecule has 0 saturated heterocycles. The van der Waals surface area contributed by atoms with Gasteiger partial charge in [-0.1, -0.05) is 48.5 Å². The van der Waals surface area contributed by atoms with Gasteiger partial charge in [-0.05, 0) is 53.4 Å². The Labute approximate surface area is 163 Å².